The lowest BCUT2D eigenvalue weighted by molar-refractivity contribution is 0.0561. The van der Waals surface area contributed by atoms with Crippen molar-refractivity contribution in [1.82, 2.24) is 4.90 Å². The van der Waals surface area contributed by atoms with Gasteiger partial charge in [-0.1, -0.05) is 6.92 Å². The molecule has 1 aliphatic carbocycles. The first-order chi connectivity index (χ1) is 7.16. The second kappa shape index (κ2) is 4.82. The zero-order chi connectivity index (χ0) is 10.8. The Morgan fingerprint density at radius 3 is 2.40 bits per heavy atom. The number of nitrogens with zero attached hydrogens (tertiary/aromatic N) is 1. The highest BCUT2D eigenvalue weighted by atomic mass is 19.1. The van der Waals surface area contributed by atoms with E-state index in [1.807, 2.05) is 0 Å². The number of rotatable bonds is 1. The molecule has 1 heterocycles. The summed E-state index contributed by atoms with van der Waals surface area (Å²) < 4.78 is 13.9. The van der Waals surface area contributed by atoms with Gasteiger partial charge in [0, 0.05) is 0 Å². The van der Waals surface area contributed by atoms with Gasteiger partial charge in [0.1, 0.15) is 6.17 Å². The SMILES string of the molecule is CC1CCC(F)C(C2CCN(C)CC2)C1. The van der Waals surface area contributed by atoms with E-state index >= 15 is 0 Å². The number of alkyl halides is 1. The fourth-order valence-corrected chi connectivity index (χ4v) is 3.33. The van der Waals surface area contributed by atoms with E-state index in [0.29, 0.717) is 11.8 Å². The summed E-state index contributed by atoms with van der Waals surface area (Å²) in [4.78, 5) is 2.37. The molecule has 2 aliphatic rings. The van der Waals surface area contributed by atoms with Gasteiger partial charge in [0.15, 0.2) is 0 Å². The molecule has 2 rings (SSSR count). The average Bonchev–Trinajstić information content (AvgIpc) is 2.23. The Labute approximate surface area is 93.0 Å². The van der Waals surface area contributed by atoms with Crippen molar-refractivity contribution in [3.05, 3.63) is 0 Å². The van der Waals surface area contributed by atoms with Crippen LogP contribution in [0.25, 0.3) is 0 Å². The molecule has 0 bridgehead atoms. The summed E-state index contributed by atoms with van der Waals surface area (Å²) in [5.74, 6) is 1.79. The van der Waals surface area contributed by atoms with Crippen LogP contribution >= 0.6 is 0 Å². The van der Waals surface area contributed by atoms with Crippen LogP contribution in [0.3, 0.4) is 0 Å². The van der Waals surface area contributed by atoms with Crippen LogP contribution in [0, 0.1) is 17.8 Å². The van der Waals surface area contributed by atoms with E-state index in [2.05, 4.69) is 18.9 Å². The van der Waals surface area contributed by atoms with Crippen molar-refractivity contribution in [1.29, 1.82) is 0 Å². The molecule has 2 heteroatoms. The normalized spacial score (nSPS) is 40.6. The third kappa shape index (κ3) is 2.72. The van der Waals surface area contributed by atoms with Gasteiger partial charge in [0.2, 0.25) is 0 Å². The van der Waals surface area contributed by atoms with Gasteiger partial charge < -0.3 is 4.90 Å². The van der Waals surface area contributed by atoms with Gasteiger partial charge in [-0.25, -0.2) is 4.39 Å². The summed E-state index contributed by atoms with van der Waals surface area (Å²) in [5, 5.41) is 0. The second-order valence-electron chi connectivity index (χ2n) is 5.74. The molecule has 1 aliphatic heterocycles. The number of likely N-dealkylation sites (tertiary alicyclic amines) is 1. The quantitative estimate of drug-likeness (QED) is 0.647. The maximum absolute atomic E-state index is 13.9. The first kappa shape index (κ1) is 11.4. The van der Waals surface area contributed by atoms with Gasteiger partial charge in [0.05, 0.1) is 0 Å². The van der Waals surface area contributed by atoms with Crippen molar-refractivity contribution in [2.45, 2.75) is 45.2 Å². The Morgan fingerprint density at radius 1 is 1.07 bits per heavy atom. The number of halogens is 1. The Morgan fingerprint density at radius 2 is 1.73 bits per heavy atom. The number of piperidine rings is 1. The van der Waals surface area contributed by atoms with Gasteiger partial charge in [-0.2, -0.15) is 0 Å². The van der Waals surface area contributed by atoms with E-state index in [1.165, 1.54) is 25.9 Å². The molecule has 2 fully saturated rings. The zero-order valence-electron chi connectivity index (χ0n) is 10.1. The van der Waals surface area contributed by atoms with Crippen molar-refractivity contribution in [3.63, 3.8) is 0 Å². The zero-order valence-corrected chi connectivity index (χ0v) is 10.1. The Bertz CT molecular complexity index is 199. The lowest BCUT2D eigenvalue weighted by Crippen LogP contribution is -2.38. The molecule has 0 radical (unpaired) electrons. The molecular formula is C13H24FN. The van der Waals surface area contributed by atoms with Crippen LogP contribution in [0.1, 0.15) is 39.0 Å². The molecule has 1 nitrogen and oxygen atoms in total. The van der Waals surface area contributed by atoms with E-state index in [0.717, 1.165) is 25.2 Å². The number of hydrogen-bond acceptors (Lipinski definition) is 1. The minimum Gasteiger partial charge on any atom is -0.306 e. The van der Waals surface area contributed by atoms with E-state index in [9.17, 15) is 4.39 Å². The molecule has 0 amide bonds. The predicted octanol–water partition coefficient (Wildman–Crippen LogP) is 3.10. The summed E-state index contributed by atoms with van der Waals surface area (Å²) in [6, 6.07) is 0. The monoisotopic (exact) mass is 213 g/mol. The summed E-state index contributed by atoms with van der Waals surface area (Å²) in [6.45, 7) is 4.62. The lowest BCUT2D eigenvalue weighted by atomic mass is 9.71. The lowest BCUT2D eigenvalue weighted by Gasteiger charge is -2.39. The van der Waals surface area contributed by atoms with E-state index in [-0.39, 0.29) is 0 Å². The topological polar surface area (TPSA) is 3.24 Å². The van der Waals surface area contributed by atoms with Crippen LogP contribution in [-0.2, 0) is 0 Å². The molecule has 1 saturated heterocycles. The van der Waals surface area contributed by atoms with Crippen LogP contribution in [0.2, 0.25) is 0 Å². The first-order valence-corrected chi connectivity index (χ1v) is 6.49. The standard InChI is InChI=1S/C13H24FN/c1-10-3-4-13(14)12(9-10)11-5-7-15(2)8-6-11/h10-13H,3-9H2,1-2H3. The van der Waals surface area contributed by atoms with Crippen molar-refractivity contribution in [2.75, 3.05) is 20.1 Å². The molecule has 15 heavy (non-hydrogen) atoms. The summed E-state index contributed by atoms with van der Waals surface area (Å²) in [5.41, 5.74) is 0. The smallest absolute Gasteiger partial charge is 0.103 e. The van der Waals surface area contributed by atoms with E-state index in [1.54, 1.807) is 0 Å². The molecular weight excluding hydrogens is 189 g/mol. The number of hydrogen-bond donors (Lipinski definition) is 0. The highest BCUT2D eigenvalue weighted by Gasteiger charge is 2.35. The molecule has 0 aromatic heterocycles. The Hall–Kier alpha value is -0.110. The van der Waals surface area contributed by atoms with Crippen molar-refractivity contribution in [3.8, 4) is 0 Å². The van der Waals surface area contributed by atoms with Crippen molar-refractivity contribution < 1.29 is 4.39 Å². The van der Waals surface area contributed by atoms with Crippen molar-refractivity contribution in [2.24, 2.45) is 17.8 Å². The van der Waals surface area contributed by atoms with Gasteiger partial charge in [-0.15, -0.1) is 0 Å². The maximum atomic E-state index is 13.9. The third-order valence-corrected chi connectivity index (χ3v) is 4.44. The molecule has 0 spiro atoms. The maximum Gasteiger partial charge on any atom is 0.103 e. The van der Waals surface area contributed by atoms with Gasteiger partial charge in [-0.3, -0.25) is 0 Å². The summed E-state index contributed by atoms with van der Waals surface area (Å²) in [7, 11) is 2.17. The van der Waals surface area contributed by atoms with Crippen LogP contribution in [0.4, 0.5) is 4.39 Å². The minimum absolute atomic E-state index is 0.377. The molecule has 3 unspecified atom stereocenters. The van der Waals surface area contributed by atoms with E-state index < -0.39 is 6.17 Å². The van der Waals surface area contributed by atoms with Crippen molar-refractivity contribution >= 4 is 0 Å². The third-order valence-electron chi connectivity index (χ3n) is 4.44. The van der Waals surface area contributed by atoms with Crippen LogP contribution < -0.4 is 0 Å². The fraction of sp³-hybridized carbons (Fsp3) is 1.00. The highest BCUT2D eigenvalue weighted by Crippen LogP contribution is 2.39. The van der Waals surface area contributed by atoms with Crippen LogP contribution in [0.5, 0.6) is 0 Å². The van der Waals surface area contributed by atoms with Crippen LogP contribution in [0.15, 0.2) is 0 Å². The molecule has 0 N–H and O–H groups in total. The molecule has 0 aromatic rings. The largest absolute Gasteiger partial charge is 0.306 e. The highest BCUT2D eigenvalue weighted by molar-refractivity contribution is 4.85. The molecule has 88 valence electrons. The van der Waals surface area contributed by atoms with Gasteiger partial charge in [0.25, 0.3) is 0 Å². The van der Waals surface area contributed by atoms with Gasteiger partial charge >= 0.3 is 0 Å². The summed E-state index contributed by atoms with van der Waals surface area (Å²) in [6.07, 6.45) is 4.98. The van der Waals surface area contributed by atoms with E-state index in [4.69, 9.17) is 0 Å². The predicted molar refractivity (Wildman–Crippen MR) is 61.6 cm³/mol. The van der Waals surface area contributed by atoms with Gasteiger partial charge in [-0.05, 0) is 70.0 Å². The fourth-order valence-electron chi connectivity index (χ4n) is 3.33. The van der Waals surface area contributed by atoms with Crippen LogP contribution in [-0.4, -0.2) is 31.2 Å². The minimum atomic E-state index is -0.505. The molecule has 3 atom stereocenters. The average molecular weight is 213 g/mol. The Kier molecular flexibility index (Phi) is 3.65. The molecule has 0 aromatic carbocycles. The summed E-state index contributed by atoms with van der Waals surface area (Å²) >= 11 is 0. The second-order valence-corrected chi connectivity index (χ2v) is 5.74. The molecule has 1 saturated carbocycles. The Balaban J connectivity index is 1.90. The first-order valence-electron chi connectivity index (χ1n) is 6.49.